The standard InChI is InChI=1S/C26H23FN2O4/c1-16(2)33-21-11-7-19(8-12-21)24(30)22-23(18-5-9-20(27)10-6-18)29(26(32)25(22)31)15-17-4-3-13-28-14-17/h3-14,16,23,30H,15H2,1-2H3/b24-22+/t23-/m1/s1. The summed E-state index contributed by atoms with van der Waals surface area (Å²) in [5.74, 6) is -1.66. The number of benzene rings is 2. The topological polar surface area (TPSA) is 79.7 Å². The molecular formula is C26H23FN2O4. The molecule has 4 rings (SSSR count). The molecule has 1 aromatic heterocycles. The molecule has 3 aromatic rings. The Bertz CT molecular complexity index is 1190. The number of aliphatic hydroxyl groups is 1. The minimum absolute atomic E-state index is 0.0132. The van der Waals surface area contributed by atoms with E-state index in [9.17, 15) is 19.1 Å². The lowest BCUT2D eigenvalue weighted by atomic mass is 9.95. The first kappa shape index (κ1) is 22.2. The Hall–Kier alpha value is -4.00. The molecule has 1 N–H and O–H groups in total. The number of rotatable bonds is 6. The molecule has 0 saturated carbocycles. The number of aromatic nitrogens is 1. The third-order valence-corrected chi connectivity index (χ3v) is 5.30. The number of hydrogen-bond donors (Lipinski definition) is 1. The number of ether oxygens (including phenoxy) is 1. The maximum absolute atomic E-state index is 13.6. The highest BCUT2D eigenvalue weighted by atomic mass is 19.1. The molecule has 7 heteroatoms. The normalized spacial score (nSPS) is 17.6. The summed E-state index contributed by atoms with van der Waals surface area (Å²) in [5.41, 5.74) is 1.56. The minimum Gasteiger partial charge on any atom is -0.507 e. The van der Waals surface area contributed by atoms with Crippen molar-refractivity contribution in [2.24, 2.45) is 0 Å². The largest absolute Gasteiger partial charge is 0.507 e. The average molecular weight is 446 g/mol. The number of nitrogens with zero attached hydrogens (tertiary/aromatic N) is 2. The van der Waals surface area contributed by atoms with E-state index in [1.165, 1.54) is 29.2 Å². The molecule has 1 amide bonds. The van der Waals surface area contributed by atoms with Crippen LogP contribution in [0.3, 0.4) is 0 Å². The summed E-state index contributed by atoms with van der Waals surface area (Å²) in [4.78, 5) is 31.5. The molecule has 168 valence electrons. The van der Waals surface area contributed by atoms with Gasteiger partial charge in [0.2, 0.25) is 0 Å². The summed E-state index contributed by atoms with van der Waals surface area (Å²) >= 11 is 0. The Kier molecular flexibility index (Phi) is 6.22. The summed E-state index contributed by atoms with van der Waals surface area (Å²) in [7, 11) is 0. The van der Waals surface area contributed by atoms with Crippen molar-refractivity contribution in [1.29, 1.82) is 0 Å². The van der Waals surface area contributed by atoms with Gasteiger partial charge in [0, 0.05) is 24.5 Å². The highest BCUT2D eigenvalue weighted by Gasteiger charge is 2.46. The van der Waals surface area contributed by atoms with Crippen LogP contribution in [0.25, 0.3) is 5.76 Å². The fraction of sp³-hybridized carbons (Fsp3) is 0.192. The zero-order valence-corrected chi connectivity index (χ0v) is 18.2. The average Bonchev–Trinajstić information content (AvgIpc) is 3.05. The van der Waals surface area contributed by atoms with Gasteiger partial charge < -0.3 is 14.7 Å². The van der Waals surface area contributed by atoms with Crippen LogP contribution >= 0.6 is 0 Å². The van der Waals surface area contributed by atoms with E-state index in [1.54, 1.807) is 48.8 Å². The first-order valence-electron chi connectivity index (χ1n) is 10.5. The fourth-order valence-corrected chi connectivity index (χ4v) is 3.84. The van der Waals surface area contributed by atoms with E-state index in [2.05, 4.69) is 4.98 Å². The lowest BCUT2D eigenvalue weighted by Crippen LogP contribution is -2.29. The molecule has 0 unspecified atom stereocenters. The van der Waals surface area contributed by atoms with Crippen molar-refractivity contribution in [2.45, 2.75) is 32.5 Å². The van der Waals surface area contributed by atoms with Crippen LogP contribution in [0.2, 0.25) is 0 Å². The molecule has 0 aliphatic carbocycles. The van der Waals surface area contributed by atoms with E-state index < -0.39 is 23.5 Å². The molecule has 2 heterocycles. The van der Waals surface area contributed by atoms with E-state index >= 15 is 0 Å². The number of pyridine rings is 1. The molecule has 1 atom stereocenters. The van der Waals surface area contributed by atoms with E-state index in [4.69, 9.17) is 4.74 Å². The van der Waals surface area contributed by atoms with Gasteiger partial charge in [-0.1, -0.05) is 18.2 Å². The van der Waals surface area contributed by atoms with Gasteiger partial charge in [0.05, 0.1) is 17.7 Å². The zero-order valence-electron chi connectivity index (χ0n) is 18.2. The highest BCUT2D eigenvalue weighted by Crippen LogP contribution is 2.40. The first-order chi connectivity index (χ1) is 15.8. The molecule has 33 heavy (non-hydrogen) atoms. The SMILES string of the molecule is CC(C)Oc1ccc(/C(O)=C2\C(=O)C(=O)N(Cc3cccnc3)[C@@H]2c2ccc(F)cc2)cc1. The second-order valence-corrected chi connectivity index (χ2v) is 8.03. The van der Waals surface area contributed by atoms with Crippen LogP contribution in [-0.4, -0.2) is 32.8 Å². The zero-order chi connectivity index (χ0) is 23.5. The van der Waals surface area contributed by atoms with E-state index in [0.717, 1.165) is 5.56 Å². The monoisotopic (exact) mass is 446 g/mol. The minimum atomic E-state index is -0.877. The quantitative estimate of drug-likeness (QED) is 0.339. The Morgan fingerprint density at radius 3 is 2.39 bits per heavy atom. The molecule has 1 aliphatic rings. The van der Waals surface area contributed by atoms with Crippen LogP contribution in [0, 0.1) is 5.82 Å². The number of amides is 1. The fourth-order valence-electron chi connectivity index (χ4n) is 3.84. The van der Waals surface area contributed by atoms with Crippen molar-refractivity contribution in [1.82, 2.24) is 9.88 Å². The number of Topliss-reactive ketones (excluding diaryl/α,β-unsaturated/α-hetero) is 1. The van der Waals surface area contributed by atoms with Gasteiger partial charge in [0.1, 0.15) is 17.3 Å². The summed E-state index contributed by atoms with van der Waals surface area (Å²) in [6, 6.07) is 14.8. The van der Waals surface area contributed by atoms with Gasteiger partial charge in [-0.05, 0) is 67.4 Å². The second kappa shape index (κ2) is 9.24. The summed E-state index contributed by atoms with van der Waals surface area (Å²) in [6.45, 7) is 3.92. The lowest BCUT2D eigenvalue weighted by molar-refractivity contribution is -0.140. The number of hydrogen-bond acceptors (Lipinski definition) is 5. The number of carbonyl (C=O) groups is 2. The van der Waals surface area contributed by atoms with Crippen molar-refractivity contribution >= 4 is 17.4 Å². The second-order valence-electron chi connectivity index (χ2n) is 8.03. The maximum Gasteiger partial charge on any atom is 0.295 e. The molecule has 2 aromatic carbocycles. The van der Waals surface area contributed by atoms with Gasteiger partial charge in [-0.3, -0.25) is 14.6 Å². The Balaban J connectivity index is 1.79. The van der Waals surface area contributed by atoms with Crippen molar-refractivity contribution in [2.75, 3.05) is 0 Å². The van der Waals surface area contributed by atoms with Crippen molar-refractivity contribution < 1.29 is 23.8 Å². The van der Waals surface area contributed by atoms with Crippen LogP contribution in [-0.2, 0) is 16.1 Å². The van der Waals surface area contributed by atoms with Gasteiger partial charge in [-0.2, -0.15) is 0 Å². The smallest absolute Gasteiger partial charge is 0.295 e. The molecule has 0 spiro atoms. The number of likely N-dealkylation sites (tertiary alicyclic amines) is 1. The number of aliphatic hydroxyl groups excluding tert-OH is 1. The molecular weight excluding hydrogens is 423 g/mol. The van der Waals surface area contributed by atoms with Gasteiger partial charge in [0.25, 0.3) is 11.7 Å². The number of ketones is 1. The predicted molar refractivity (Wildman–Crippen MR) is 121 cm³/mol. The third kappa shape index (κ3) is 4.62. The lowest BCUT2D eigenvalue weighted by Gasteiger charge is -2.25. The Morgan fingerprint density at radius 2 is 1.79 bits per heavy atom. The molecule has 0 radical (unpaired) electrons. The van der Waals surface area contributed by atoms with Crippen LogP contribution in [0.4, 0.5) is 4.39 Å². The molecule has 1 aliphatic heterocycles. The summed E-state index contributed by atoms with van der Waals surface area (Å²) < 4.78 is 19.2. The van der Waals surface area contributed by atoms with Crippen LogP contribution in [0.15, 0.2) is 78.6 Å². The van der Waals surface area contributed by atoms with Crippen LogP contribution in [0.5, 0.6) is 5.75 Å². The molecule has 0 bridgehead atoms. The van der Waals surface area contributed by atoms with E-state index in [1.807, 2.05) is 13.8 Å². The third-order valence-electron chi connectivity index (χ3n) is 5.30. The summed E-state index contributed by atoms with van der Waals surface area (Å²) in [5, 5.41) is 11.1. The predicted octanol–water partition coefficient (Wildman–Crippen LogP) is 4.63. The Morgan fingerprint density at radius 1 is 1.09 bits per heavy atom. The van der Waals surface area contributed by atoms with Gasteiger partial charge in [0.15, 0.2) is 0 Å². The number of halogens is 1. The first-order valence-corrected chi connectivity index (χ1v) is 10.5. The van der Waals surface area contributed by atoms with Crippen molar-refractivity contribution in [3.8, 4) is 5.75 Å². The molecule has 1 fully saturated rings. The van der Waals surface area contributed by atoms with Gasteiger partial charge in [-0.15, -0.1) is 0 Å². The van der Waals surface area contributed by atoms with E-state index in [0.29, 0.717) is 16.9 Å². The molecule has 6 nitrogen and oxygen atoms in total. The number of carbonyl (C=O) groups excluding carboxylic acids is 2. The van der Waals surface area contributed by atoms with Crippen molar-refractivity contribution in [3.05, 3.63) is 101 Å². The van der Waals surface area contributed by atoms with Crippen LogP contribution < -0.4 is 4.74 Å². The van der Waals surface area contributed by atoms with E-state index in [-0.39, 0.29) is 24.0 Å². The van der Waals surface area contributed by atoms with Crippen LogP contribution in [0.1, 0.15) is 36.6 Å². The van der Waals surface area contributed by atoms with Crippen molar-refractivity contribution in [3.63, 3.8) is 0 Å². The highest BCUT2D eigenvalue weighted by molar-refractivity contribution is 6.46. The maximum atomic E-state index is 13.6. The molecule has 1 saturated heterocycles. The summed E-state index contributed by atoms with van der Waals surface area (Å²) in [6.07, 6.45) is 3.21. The Labute approximate surface area is 191 Å². The van der Waals surface area contributed by atoms with Gasteiger partial charge >= 0.3 is 0 Å². The van der Waals surface area contributed by atoms with Gasteiger partial charge in [-0.25, -0.2) is 4.39 Å².